The SMILES string of the molecule is CN=C(NCC1(NC(C)c2ccccc2)CCOCC1)N1CCC(CC(C)C)C1.I. The Morgan fingerprint density at radius 1 is 1.20 bits per heavy atom. The molecule has 0 bridgehead atoms. The number of rotatable bonds is 7. The third-order valence-corrected chi connectivity index (χ3v) is 6.46. The van der Waals surface area contributed by atoms with Gasteiger partial charge in [0.25, 0.3) is 0 Å². The second-order valence-corrected chi connectivity index (χ2v) is 9.30. The predicted octanol–water partition coefficient (Wildman–Crippen LogP) is 4.45. The lowest BCUT2D eigenvalue weighted by molar-refractivity contribution is 0.0353. The second kappa shape index (κ2) is 12.2. The molecule has 0 aromatic heterocycles. The zero-order valence-electron chi connectivity index (χ0n) is 19.2. The fourth-order valence-corrected chi connectivity index (χ4v) is 4.88. The summed E-state index contributed by atoms with van der Waals surface area (Å²) < 4.78 is 5.69. The van der Waals surface area contributed by atoms with Crippen molar-refractivity contribution < 1.29 is 4.74 Å². The number of aliphatic imine (C=N–C) groups is 1. The van der Waals surface area contributed by atoms with Crippen LogP contribution in [0.2, 0.25) is 0 Å². The third kappa shape index (κ3) is 7.09. The van der Waals surface area contributed by atoms with E-state index in [0.717, 1.165) is 63.5 Å². The van der Waals surface area contributed by atoms with E-state index in [-0.39, 0.29) is 29.5 Å². The molecule has 0 amide bonds. The number of hydrogen-bond acceptors (Lipinski definition) is 3. The van der Waals surface area contributed by atoms with Crippen molar-refractivity contribution in [1.29, 1.82) is 0 Å². The molecule has 2 N–H and O–H groups in total. The van der Waals surface area contributed by atoms with Gasteiger partial charge in [-0.2, -0.15) is 0 Å². The van der Waals surface area contributed by atoms with E-state index < -0.39 is 0 Å². The maximum Gasteiger partial charge on any atom is 0.193 e. The molecule has 2 aliphatic heterocycles. The molecule has 1 aromatic carbocycles. The van der Waals surface area contributed by atoms with Crippen molar-refractivity contribution in [2.24, 2.45) is 16.8 Å². The van der Waals surface area contributed by atoms with Crippen LogP contribution in [0, 0.1) is 11.8 Å². The molecule has 5 nitrogen and oxygen atoms in total. The molecule has 6 heteroatoms. The molecule has 0 aliphatic carbocycles. The average Bonchev–Trinajstić information content (AvgIpc) is 3.17. The highest BCUT2D eigenvalue weighted by atomic mass is 127. The minimum atomic E-state index is 0. The van der Waals surface area contributed by atoms with Crippen LogP contribution in [0.3, 0.4) is 0 Å². The molecule has 1 aromatic rings. The van der Waals surface area contributed by atoms with Crippen LogP contribution in [0.1, 0.15) is 58.1 Å². The molecule has 0 spiro atoms. The van der Waals surface area contributed by atoms with Gasteiger partial charge in [-0.3, -0.25) is 4.99 Å². The molecule has 170 valence electrons. The van der Waals surface area contributed by atoms with Crippen LogP contribution in [-0.4, -0.2) is 56.3 Å². The molecule has 30 heavy (non-hydrogen) atoms. The Hall–Kier alpha value is -0.860. The fourth-order valence-electron chi connectivity index (χ4n) is 4.88. The van der Waals surface area contributed by atoms with Gasteiger partial charge in [0, 0.05) is 51.5 Å². The molecule has 2 atom stereocenters. The number of ether oxygens (including phenoxy) is 1. The lowest BCUT2D eigenvalue weighted by atomic mass is 9.88. The van der Waals surface area contributed by atoms with E-state index in [9.17, 15) is 0 Å². The van der Waals surface area contributed by atoms with Crippen molar-refractivity contribution in [3.8, 4) is 0 Å². The zero-order valence-corrected chi connectivity index (χ0v) is 21.5. The van der Waals surface area contributed by atoms with Crippen LogP contribution in [0.5, 0.6) is 0 Å². The summed E-state index contributed by atoms with van der Waals surface area (Å²) in [7, 11) is 1.91. The van der Waals surface area contributed by atoms with Crippen LogP contribution >= 0.6 is 24.0 Å². The topological polar surface area (TPSA) is 48.9 Å². The van der Waals surface area contributed by atoms with E-state index >= 15 is 0 Å². The van der Waals surface area contributed by atoms with Crippen LogP contribution in [0.4, 0.5) is 0 Å². The largest absolute Gasteiger partial charge is 0.381 e. The number of nitrogens with zero attached hydrogens (tertiary/aromatic N) is 2. The minimum Gasteiger partial charge on any atom is -0.381 e. The Morgan fingerprint density at radius 2 is 1.90 bits per heavy atom. The quantitative estimate of drug-likeness (QED) is 0.312. The first-order valence-electron chi connectivity index (χ1n) is 11.4. The number of guanidine groups is 1. The highest BCUT2D eigenvalue weighted by molar-refractivity contribution is 14.0. The predicted molar refractivity (Wildman–Crippen MR) is 137 cm³/mol. The van der Waals surface area contributed by atoms with Gasteiger partial charge in [-0.25, -0.2) is 0 Å². The Balaban J connectivity index is 0.00000320. The fraction of sp³-hybridized carbons (Fsp3) is 0.708. The van der Waals surface area contributed by atoms with Gasteiger partial charge in [-0.15, -0.1) is 24.0 Å². The van der Waals surface area contributed by atoms with Crippen molar-refractivity contribution in [3.63, 3.8) is 0 Å². The van der Waals surface area contributed by atoms with E-state index in [1.54, 1.807) is 0 Å². The van der Waals surface area contributed by atoms with E-state index in [0.29, 0.717) is 6.04 Å². The standard InChI is InChI=1S/C24H40N4O.HI/c1-19(2)16-21-10-13-28(17-21)23(25-4)26-18-24(11-14-29-15-12-24)27-20(3)22-8-6-5-7-9-22;/h5-9,19-21,27H,10-18H2,1-4H3,(H,25,26);1H. The average molecular weight is 529 g/mol. The van der Waals surface area contributed by atoms with E-state index in [1.165, 1.54) is 18.4 Å². The van der Waals surface area contributed by atoms with Crippen LogP contribution in [-0.2, 0) is 4.74 Å². The minimum absolute atomic E-state index is 0. The van der Waals surface area contributed by atoms with Gasteiger partial charge in [-0.1, -0.05) is 44.2 Å². The van der Waals surface area contributed by atoms with E-state index in [4.69, 9.17) is 4.74 Å². The van der Waals surface area contributed by atoms with Gasteiger partial charge in [0.1, 0.15) is 0 Å². The molecule has 3 rings (SSSR count). The number of hydrogen-bond donors (Lipinski definition) is 2. The monoisotopic (exact) mass is 528 g/mol. The maximum absolute atomic E-state index is 5.69. The molecule has 2 heterocycles. The second-order valence-electron chi connectivity index (χ2n) is 9.30. The van der Waals surface area contributed by atoms with Crippen molar-refractivity contribution in [2.45, 2.75) is 58.0 Å². The molecular weight excluding hydrogens is 487 g/mol. The first-order valence-corrected chi connectivity index (χ1v) is 11.4. The Bertz CT molecular complexity index is 646. The summed E-state index contributed by atoms with van der Waals surface area (Å²) in [5.41, 5.74) is 1.36. The normalized spacial score (nSPS) is 22.6. The van der Waals surface area contributed by atoms with Crippen molar-refractivity contribution in [3.05, 3.63) is 35.9 Å². The highest BCUT2D eigenvalue weighted by Gasteiger charge is 2.35. The number of nitrogens with one attached hydrogen (secondary N) is 2. The van der Waals surface area contributed by atoms with Crippen molar-refractivity contribution in [2.75, 3.05) is 39.9 Å². The first-order chi connectivity index (χ1) is 14.0. The van der Waals surface area contributed by atoms with E-state index in [1.807, 2.05) is 7.05 Å². The summed E-state index contributed by atoms with van der Waals surface area (Å²) in [6.07, 6.45) is 4.63. The Labute approximate surface area is 200 Å². The Kier molecular flexibility index (Phi) is 10.4. The van der Waals surface area contributed by atoms with Gasteiger partial charge >= 0.3 is 0 Å². The summed E-state index contributed by atoms with van der Waals surface area (Å²) in [5, 5.41) is 7.65. The highest BCUT2D eigenvalue weighted by Crippen LogP contribution is 2.26. The van der Waals surface area contributed by atoms with Gasteiger partial charge in [0.2, 0.25) is 0 Å². The van der Waals surface area contributed by atoms with Gasteiger partial charge < -0.3 is 20.3 Å². The maximum atomic E-state index is 5.69. The van der Waals surface area contributed by atoms with Crippen molar-refractivity contribution in [1.82, 2.24) is 15.5 Å². The van der Waals surface area contributed by atoms with Gasteiger partial charge in [0.05, 0.1) is 0 Å². The number of benzene rings is 1. The van der Waals surface area contributed by atoms with Crippen molar-refractivity contribution >= 4 is 29.9 Å². The summed E-state index contributed by atoms with van der Waals surface area (Å²) in [5.74, 6) is 2.61. The van der Waals surface area contributed by atoms with E-state index in [2.05, 4.69) is 71.6 Å². The van der Waals surface area contributed by atoms with Crippen LogP contribution in [0.15, 0.2) is 35.3 Å². The third-order valence-electron chi connectivity index (χ3n) is 6.46. The number of likely N-dealkylation sites (tertiary alicyclic amines) is 1. The molecule has 0 saturated carbocycles. The lowest BCUT2D eigenvalue weighted by Crippen LogP contribution is -2.58. The summed E-state index contributed by atoms with van der Waals surface area (Å²) in [4.78, 5) is 7.05. The smallest absolute Gasteiger partial charge is 0.193 e. The summed E-state index contributed by atoms with van der Waals surface area (Å²) >= 11 is 0. The lowest BCUT2D eigenvalue weighted by Gasteiger charge is -2.41. The molecule has 2 saturated heterocycles. The zero-order chi connectivity index (χ0) is 20.7. The molecule has 2 fully saturated rings. The van der Waals surface area contributed by atoms with Gasteiger partial charge in [-0.05, 0) is 50.0 Å². The Morgan fingerprint density at radius 3 is 2.53 bits per heavy atom. The number of halogens is 1. The summed E-state index contributed by atoms with van der Waals surface area (Å²) in [6, 6.07) is 11.0. The van der Waals surface area contributed by atoms with Gasteiger partial charge in [0.15, 0.2) is 5.96 Å². The molecule has 0 radical (unpaired) electrons. The van der Waals surface area contributed by atoms with Crippen LogP contribution < -0.4 is 10.6 Å². The summed E-state index contributed by atoms with van der Waals surface area (Å²) in [6.45, 7) is 11.7. The molecule has 2 aliphatic rings. The van der Waals surface area contributed by atoms with Crippen LogP contribution in [0.25, 0.3) is 0 Å². The molecular formula is C24H41IN4O. The molecule has 2 unspecified atom stereocenters. The first kappa shape index (κ1) is 25.4.